The molecule has 0 saturated heterocycles. The fourth-order valence-electron chi connectivity index (χ4n) is 4.58. The van der Waals surface area contributed by atoms with Crippen molar-refractivity contribution in [3.63, 3.8) is 0 Å². The van der Waals surface area contributed by atoms with E-state index in [0.717, 1.165) is 23.1 Å². The molecule has 47 heavy (non-hydrogen) atoms. The number of benzene rings is 3. The van der Waals surface area contributed by atoms with Gasteiger partial charge in [0.05, 0.1) is 17.9 Å². The molecule has 2 heterocycles. The standard InChI is InChI=1S/C31H26F5N7O4/c1-41(2)16-15-37-29-39-24(21-17-38-30(46)42(26(21)40-29)25-22(32)9-6-10-23(25)33)18-11-13-19(14-12-18)27(44)43(20-7-4-3-5-8-20)47-28(45)31(34,35)36/h3-14H,15-17H2,1-2H3,(H,38,46)(H,37,39,40). The monoisotopic (exact) mass is 655 g/mol. The molecule has 11 nitrogen and oxygen atoms in total. The van der Waals surface area contributed by atoms with Crippen molar-refractivity contribution in [2.24, 2.45) is 0 Å². The maximum absolute atomic E-state index is 14.9. The number of fused-ring (bicyclic) bond motifs is 1. The van der Waals surface area contributed by atoms with E-state index in [1.165, 1.54) is 48.5 Å². The molecule has 0 bridgehead atoms. The molecule has 3 amide bonds. The van der Waals surface area contributed by atoms with Crippen molar-refractivity contribution < 1.29 is 41.2 Å². The zero-order valence-corrected chi connectivity index (χ0v) is 24.8. The minimum atomic E-state index is -5.36. The van der Waals surface area contributed by atoms with E-state index < -0.39 is 41.4 Å². The second-order valence-electron chi connectivity index (χ2n) is 10.4. The van der Waals surface area contributed by atoms with Gasteiger partial charge in [0.1, 0.15) is 17.3 Å². The first kappa shape index (κ1) is 32.7. The Morgan fingerprint density at radius 2 is 1.62 bits per heavy atom. The molecule has 0 fully saturated rings. The minimum absolute atomic E-state index is 0.0338. The highest BCUT2D eigenvalue weighted by molar-refractivity contribution is 6.06. The predicted octanol–water partition coefficient (Wildman–Crippen LogP) is 5.42. The number of carbonyl (C=O) groups is 3. The predicted molar refractivity (Wildman–Crippen MR) is 161 cm³/mol. The minimum Gasteiger partial charge on any atom is -0.353 e. The first-order valence-corrected chi connectivity index (χ1v) is 14.0. The van der Waals surface area contributed by atoms with Gasteiger partial charge in [-0.25, -0.2) is 28.3 Å². The summed E-state index contributed by atoms with van der Waals surface area (Å²) in [6.45, 7) is 0.810. The Morgan fingerprint density at radius 1 is 0.957 bits per heavy atom. The topological polar surface area (TPSA) is 120 Å². The van der Waals surface area contributed by atoms with Gasteiger partial charge in [-0.15, -0.1) is 5.06 Å². The van der Waals surface area contributed by atoms with Crippen LogP contribution in [0.3, 0.4) is 0 Å². The smallest absolute Gasteiger partial charge is 0.353 e. The fraction of sp³-hybridized carbons (Fsp3) is 0.194. The van der Waals surface area contributed by atoms with Gasteiger partial charge in [0.2, 0.25) is 5.95 Å². The highest BCUT2D eigenvalue weighted by atomic mass is 19.4. The zero-order chi connectivity index (χ0) is 33.9. The SMILES string of the molecule is CN(C)CCNc1nc(-c2ccc(C(=O)N(OC(=O)C(F)(F)F)c3ccccc3)cc2)c2c(n1)N(c1c(F)cccc1F)C(=O)NC2. The molecule has 3 aromatic carbocycles. The zero-order valence-electron chi connectivity index (χ0n) is 24.8. The van der Waals surface area contributed by atoms with Crippen LogP contribution in [-0.2, 0) is 16.2 Å². The molecule has 0 saturated carbocycles. The lowest BCUT2D eigenvalue weighted by atomic mass is 10.0. The van der Waals surface area contributed by atoms with Gasteiger partial charge in [0.25, 0.3) is 5.91 Å². The van der Waals surface area contributed by atoms with E-state index in [1.807, 2.05) is 19.0 Å². The summed E-state index contributed by atoms with van der Waals surface area (Å²) in [5.41, 5.74) is -0.0531. The second-order valence-corrected chi connectivity index (χ2v) is 10.4. The number of urea groups is 1. The van der Waals surface area contributed by atoms with Crippen LogP contribution in [0.15, 0.2) is 72.8 Å². The summed E-state index contributed by atoms with van der Waals surface area (Å²) in [5.74, 6) is -5.74. The van der Waals surface area contributed by atoms with E-state index in [4.69, 9.17) is 0 Å². The molecule has 0 aliphatic carbocycles. The molecule has 244 valence electrons. The van der Waals surface area contributed by atoms with Crippen molar-refractivity contribution >= 4 is 41.0 Å². The number of nitrogens with zero attached hydrogens (tertiary/aromatic N) is 5. The van der Waals surface area contributed by atoms with Crippen molar-refractivity contribution in [3.8, 4) is 11.3 Å². The van der Waals surface area contributed by atoms with Crippen molar-refractivity contribution in [1.82, 2.24) is 20.2 Å². The van der Waals surface area contributed by atoms with Gasteiger partial charge < -0.3 is 20.4 Å². The Hall–Kier alpha value is -5.64. The van der Waals surface area contributed by atoms with E-state index in [2.05, 4.69) is 25.4 Å². The van der Waals surface area contributed by atoms with E-state index in [1.54, 1.807) is 6.07 Å². The normalized spacial score (nSPS) is 12.8. The van der Waals surface area contributed by atoms with Gasteiger partial charge in [-0.05, 0) is 50.5 Å². The van der Waals surface area contributed by atoms with Gasteiger partial charge in [-0.1, -0.05) is 36.4 Å². The Morgan fingerprint density at radius 3 is 2.23 bits per heavy atom. The van der Waals surface area contributed by atoms with Crippen LogP contribution in [0.1, 0.15) is 15.9 Å². The second kappa shape index (κ2) is 13.4. The molecule has 0 radical (unpaired) electrons. The van der Waals surface area contributed by atoms with Crippen molar-refractivity contribution in [3.05, 3.63) is 95.6 Å². The number of para-hydroxylation sites is 2. The highest BCUT2D eigenvalue weighted by Gasteiger charge is 2.44. The Labute approximate surface area is 264 Å². The molecule has 0 unspecified atom stereocenters. The number of nitrogens with one attached hydrogen (secondary N) is 2. The number of anilines is 4. The van der Waals surface area contributed by atoms with E-state index >= 15 is 0 Å². The third-order valence-electron chi connectivity index (χ3n) is 6.81. The van der Waals surface area contributed by atoms with E-state index in [-0.39, 0.29) is 45.9 Å². The fourth-order valence-corrected chi connectivity index (χ4v) is 4.58. The molecule has 4 aromatic rings. The maximum Gasteiger partial charge on any atom is 0.493 e. The first-order chi connectivity index (χ1) is 22.3. The van der Waals surface area contributed by atoms with Crippen LogP contribution in [0.5, 0.6) is 0 Å². The number of carbonyl (C=O) groups excluding carboxylic acids is 3. The number of hydroxylamine groups is 1. The quantitative estimate of drug-likeness (QED) is 0.191. The molecule has 1 aliphatic heterocycles. The molecule has 0 spiro atoms. The Bertz CT molecular complexity index is 1780. The first-order valence-electron chi connectivity index (χ1n) is 14.0. The number of hydrogen-bond acceptors (Lipinski definition) is 8. The van der Waals surface area contributed by atoms with Crippen molar-refractivity contribution in [2.75, 3.05) is 42.5 Å². The molecular weight excluding hydrogens is 629 g/mol. The van der Waals surface area contributed by atoms with E-state index in [0.29, 0.717) is 18.7 Å². The van der Waals surface area contributed by atoms with Gasteiger partial charge in [0, 0.05) is 29.8 Å². The summed E-state index contributed by atoms with van der Waals surface area (Å²) in [6.07, 6.45) is -5.36. The van der Waals surface area contributed by atoms with E-state index in [9.17, 15) is 36.3 Å². The number of likely N-dealkylation sites (N-methyl/N-ethyl adjacent to an activating group) is 1. The van der Waals surface area contributed by atoms with Crippen LogP contribution in [0.25, 0.3) is 11.3 Å². The molecule has 1 aromatic heterocycles. The third kappa shape index (κ3) is 7.12. The van der Waals surface area contributed by atoms with Crippen molar-refractivity contribution in [2.45, 2.75) is 12.7 Å². The third-order valence-corrected chi connectivity index (χ3v) is 6.81. The summed E-state index contributed by atoms with van der Waals surface area (Å²) in [4.78, 5) is 54.1. The summed E-state index contributed by atoms with van der Waals surface area (Å²) >= 11 is 0. The molecule has 5 rings (SSSR count). The summed E-state index contributed by atoms with van der Waals surface area (Å²) < 4.78 is 68.9. The highest BCUT2D eigenvalue weighted by Crippen LogP contribution is 2.38. The van der Waals surface area contributed by atoms with Crippen LogP contribution >= 0.6 is 0 Å². The lowest BCUT2D eigenvalue weighted by molar-refractivity contribution is -0.199. The lowest BCUT2D eigenvalue weighted by Crippen LogP contribution is -2.43. The van der Waals surface area contributed by atoms with Gasteiger partial charge in [-0.3, -0.25) is 4.79 Å². The molecule has 1 aliphatic rings. The van der Waals surface area contributed by atoms with Crippen LogP contribution < -0.4 is 20.6 Å². The lowest BCUT2D eigenvalue weighted by Gasteiger charge is -2.30. The van der Waals surface area contributed by atoms with Crippen LogP contribution in [0.2, 0.25) is 0 Å². The van der Waals surface area contributed by atoms with Crippen LogP contribution in [-0.4, -0.2) is 66.1 Å². The van der Waals surface area contributed by atoms with Gasteiger partial charge >= 0.3 is 18.2 Å². The number of rotatable bonds is 8. The molecule has 2 N–H and O–H groups in total. The van der Waals surface area contributed by atoms with Gasteiger partial charge in [-0.2, -0.15) is 18.2 Å². The summed E-state index contributed by atoms with van der Waals surface area (Å²) in [5, 5.41) is 5.84. The number of aromatic nitrogens is 2. The van der Waals surface area contributed by atoms with Crippen molar-refractivity contribution in [1.29, 1.82) is 0 Å². The largest absolute Gasteiger partial charge is 0.493 e. The summed E-state index contributed by atoms with van der Waals surface area (Å²) in [6, 6.07) is 14.7. The van der Waals surface area contributed by atoms with Gasteiger partial charge in [0.15, 0.2) is 5.82 Å². The average Bonchev–Trinajstić information content (AvgIpc) is 3.03. The number of halogens is 5. The molecule has 0 atom stereocenters. The molecular formula is C31H26F5N7O4. The number of alkyl halides is 3. The van der Waals surface area contributed by atoms with Crippen LogP contribution in [0.4, 0.5) is 49.9 Å². The number of hydrogen-bond donors (Lipinski definition) is 2. The Kier molecular flexibility index (Phi) is 9.32. The number of amides is 3. The summed E-state index contributed by atoms with van der Waals surface area (Å²) in [7, 11) is 3.69. The average molecular weight is 656 g/mol. The Balaban J connectivity index is 1.56. The van der Waals surface area contributed by atoms with Crippen LogP contribution in [0, 0.1) is 11.6 Å². The molecule has 16 heteroatoms. The maximum atomic E-state index is 14.9.